The average Bonchev–Trinajstić information content (AvgIpc) is 2.28. The molecule has 0 aromatic carbocycles. The van der Waals surface area contributed by atoms with Crippen molar-refractivity contribution in [2.75, 3.05) is 13.1 Å². The van der Waals surface area contributed by atoms with Crippen molar-refractivity contribution in [3.63, 3.8) is 0 Å². The predicted molar refractivity (Wildman–Crippen MR) is 64.0 cm³/mol. The van der Waals surface area contributed by atoms with Gasteiger partial charge < -0.3 is 5.73 Å². The molecule has 1 aliphatic heterocycles. The van der Waals surface area contributed by atoms with E-state index in [1.807, 2.05) is 19.2 Å². The van der Waals surface area contributed by atoms with Gasteiger partial charge in [0.2, 0.25) is 0 Å². The van der Waals surface area contributed by atoms with Gasteiger partial charge in [-0.05, 0) is 38.9 Å². The Hall–Kier alpha value is -1.00. The maximum absolute atomic E-state index is 6.22. The van der Waals surface area contributed by atoms with Crippen LogP contribution in [0.5, 0.6) is 0 Å². The zero-order valence-electron chi connectivity index (χ0n) is 10.1. The van der Waals surface area contributed by atoms with Crippen LogP contribution in [-0.2, 0) is 0 Å². The molecule has 4 nitrogen and oxygen atoms in total. The highest BCUT2D eigenvalue weighted by Gasteiger charge is 2.30. The molecule has 0 spiro atoms. The van der Waals surface area contributed by atoms with Gasteiger partial charge in [-0.1, -0.05) is 6.92 Å². The summed E-state index contributed by atoms with van der Waals surface area (Å²) in [5.74, 6) is 0.825. The molecule has 4 heteroatoms. The van der Waals surface area contributed by atoms with Gasteiger partial charge >= 0.3 is 0 Å². The molecule has 1 aromatic rings. The van der Waals surface area contributed by atoms with Crippen molar-refractivity contribution in [2.24, 2.45) is 5.73 Å². The summed E-state index contributed by atoms with van der Waals surface area (Å²) in [6.45, 7) is 6.26. The number of likely N-dealkylation sites (tertiary alicyclic amines) is 1. The van der Waals surface area contributed by atoms with E-state index >= 15 is 0 Å². The molecule has 88 valence electrons. The first-order valence-electron chi connectivity index (χ1n) is 6.01. The van der Waals surface area contributed by atoms with E-state index in [1.165, 1.54) is 6.42 Å². The predicted octanol–water partition coefficient (Wildman–Crippen LogP) is 1.27. The summed E-state index contributed by atoms with van der Waals surface area (Å²) in [5, 5.41) is 0. The molecular formula is C12H20N4. The van der Waals surface area contributed by atoms with E-state index in [0.717, 1.165) is 31.0 Å². The fourth-order valence-electron chi connectivity index (χ4n) is 2.50. The van der Waals surface area contributed by atoms with Crippen LogP contribution in [0.15, 0.2) is 12.3 Å². The zero-order valence-corrected chi connectivity index (χ0v) is 10.1. The lowest BCUT2D eigenvalue weighted by atomic mass is 9.94. The van der Waals surface area contributed by atoms with E-state index < -0.39 is 0 Å². The molecule has 0 aliphatic carbocycles. The Balaban J connectivity index is 2.28. The summed E-state index contributed by atoms with van der Waals surface area (Å²) in [5.41, 5.74) is 7.30. The molecule has 2 unspecified atom stereocenters. The van der Waals surface area contributed by atoms with E-state index in [0.29, 0.717) is 0 Å². The zero-order chi connectivity index (χ0) is 11.5. The van der Waals surface area contributed by atoms with Crippen molar-refractivity contribution in [2.45, 2.75) is 38.8 Å². The van der Waals surface area contributed by atoms with Gasteiger partial charge in [-0.2, -0.15) is 0 Å². The summed E-state index contributed by atoms with van der Waals surface area (Å²) < 4.78 is 0. The second-order valence-electron chi connectivity index (χ2n) is 4.41. The number of piperidine rings is 1. The summed E-state index contributed by atoms with van der Waals surface area (Å²) in [6, 6.07) is 2.45. The fourth-order valence-corrected chi connectivity index (χ4v) is 2.50. The molecule has 0 radical (unpaired) electrons. The number of aryl methyl sites for hydroxylation is 1. The molecular weight excluding hydrogens is 200 g/mol. The monoisotopic (exact) mass is 220 g/mol. The van der Waals surface area contributed by atoms with Crippen molar-refractivity contribution in [1.29, 1.82) is 0 Å². The largest absolute Gasteiger partial charge is 0.326 e. The molecule has 0 saturated carbocycles. The van der Waals surface area contributed by atoms with Crippen molar-refractivity contribution in [3.8, 4) is 0 Å². The van der Waals surface area contributed by atoms with Gasteiger partial charge in [-0.15, -0.1) is 0 Å². The Kier molecular flexibility index (Phi) is 3.51. The highest BCUT2D eigenvalue weighted by atomic mass is 15.2. The highest BCUT2D eigenvalue weighted by Crippen LogP contribution is 2.28. The second-order valence-corrected chi connectivity index (χ2v) is 4.41. The SMILES string of the molecule is CCN1CCCC(N)C1c1ccnc(C)n1. The van der Waals surface area contributed by atoms with Crippen LogP contribution in [0.2, 0.25) is 0 Å². The third-order valence-corrected chi connectivity index (χ3v) is 3.29. The molecule has 0 amide bonds. The molecule has 1 fully saturated rings. The van der Waals surface area contributed by atoms with Crippen molar-refractivity contribution >= 4 is 0 Å². The Morgan fingerprint density at radius 3 is 3.06 bits per heavy atom. The first-order valence-corrected chi connectivity index (χ1v) is 6.01. The summed E-state index contributed by atoms with van der Waals surface area (Å²) in [4.78, 5) is 11.1. The molecule has 2 atom stereocenters. The summed E-state index contributed by atoms with van der Waals surface area (Å²) >= 11 is 0. The smallest absolute Gasteiger partial charge is 0.125 e. The molecule has 16 heavy (non-hydrogen) atoms. The summed E-state index contributed by atoms with van der Waals surface area (Å²) in [7, 11) is 0. The standard InChI is InChI=1S/C12H20N4/c1-3-16-8-4-5-10(13)12(16)11-6-7-14-9(2)15-11/h6-7,10,12H,3-5,8,13H2,1-2H3. The van der Waals surface area contributed by atoms with Crippen LogP contribution in [-0.4, -0.2) is 34.0 Å². The van der Waals surface area contributed by atoms with Crippen molar-refractivity contribution in [3.05, 3.63) is 23.8 Å². The topological polar surface area (TPSA) is 55.0 Å². The van der Waals surface area contributed by atoms with Crippen LogP contribution < -0.4 is 5.73 Å². The molecule has 2 heterocycles. The number of rotatable bonds is 2. The van der Waals surface area contributed by atoms with Gasteiger partial charge in [0.05, 0.1) is 11.7 Å². The first kappa shape index (κ1) is 11.5. The molecule has 2 rings (SSSR count). The van der Waals surface area contributed by atoms with Gasteiger partial charge in [0, 0.05) is 12.2 Å². The fraction of sp³-hybridized carbons (Fsp3) is 0.667. The summed E-state index contributed by atoms with van der Waals surface area (Å²) in [6.07, 6.45) is 4.10. The second kappa shape index (κ2) is 4.89. The van der Waals surface area contributed by atoms with Gasteiger partial charge in [0.1, 0.15) is 5.82 Å². The minimum Gasteiger partial charge on any atom is -0.326 e. The maximum Gasteiger partial charge on any atom is 0.125 e. The lowest BCUT2D eigenvalue weighted by Crippen LogP contribution is -2.46. The first-order chi connectivity index (χ1) is 7.72. The van der Waals surface area contributed by atoms with E-state index in [4.69, 9.17) is 5.73 Å². The van der Waals surface area contributed by atoms with Crippen LogP contribution >= 0.6 is 0 Å². The van der Waals surface area contributed by atoms with Crippen molar-refractivity contribution in [1.82, 2.24) is 14.9 Å². The lowest BCUT2D eigenvalue weighted by Gasteiger charge is -2.38. The number of nitrogens with zero attached hydrogens (tertiary/aromatic N) is 3. The minimum atomic E-state index is 0.197. The van der Waals surface area contributed by atoms with E-state index in [9.17, 15) is 0 Å². The van der Waals surface area contributed by atoms with Crippen LogP contribution in [0.1, 0.15) is 37.3 Å². The van der Waals surface area contributed by atoms with E-state index in [2.05, 4.69) is 21.8 Å². The van der Waals surface area contributed by atoms with Gasteiger partial charge in [0.25, 0.3) is 0 Å². The Morgan fingerprint density at radius 1 is 1.56 bits per heavy atom. The van der Waals surface area contributed by atoms with Crippen LogP contribution in [0.25, 0.3) is 0 Å². The lowest BCUT2D eigenvalue weighted by molar-refractivity contribution is 0.132. The van der Waals surface area contributed by atoms with Crippen molar-refractivity contribution < 1.29 is 0 Å². The molecule has 2 N–H and O–H groups in total. The van der Waals surface area contributed by atoms with Crippen LogP contribution in [0, 0.1) is 6.92 Å². The number of likely N-dealkylation sites (N-methyl/N-ethyl adjacent to an activating group) is 1. The minimum absolute atomic E-state index is 0.197. The van der Waals surface area contributed by atoms with Gasteiger partial charge in [0.15, 0.2) is 0 Å². The molecule has 0 bridgehead atoms. The Morgan fingerprint density at radius 2 is 2.38 bits per heavy atom. The van der Waals surface area contributed by atoms with Crippen LogP contribution in [0.3, 0.4) is 0 Å². The average molecular weight is 220 g/mol. The number of hydrogen-bond donors (Lipinski definition) is 1. The highest BCUT2D eigenvalue weighted by molar-refractivity contribution is 5.11. The quantitative estimate of drug-likeness (QED) is 0.815. The Labute approximate surface area is 96.9 Å². The number of aromatic nitrogens is 2. The third kappa shape index (κ3) is 2.23. The maximum atomic E-state index is 6.22. The number of hydrogen-bond acceptors (Lipinski definition) is 4. The molecule has 1 aliphatic rings. The molecule has 1 aromatic heterocycles. The third-order valence-electron chi connectivity index (χ3n) is 3.29. The molecule has 1 saturated heterocycles. The van der Waals surface area contributed by atoms with E-state index in [-0.39, 0.29) is 12.1 Å². The Bertz CT molecular complexity index is 353. The number of nitrogens with two attached hydrogens (primary N) is 1. The van der Waals surface area contributed by atoms with Gasteiger partial charge in [-0.3, -0.25) is 4.90 Å². The van der Waals surface area contributed by atoms with Crippen LogP contribution in [0.4, 0.5) is 0 Å². The van der Waals surface area contributed by atoms with E-state index in [1.54, 1.807) is 0 Å². The normalized spacial score (nSPS) is 26.9. The van der Waals surface area contributed by atoms with Gasteiger partial charge in [-0.25, -0.2) is 9.97 Å².